The molecule has 0 amide bonds. The molecular formula is C14H19BrN4. The molecule has 0 unspecified atom stereocenters. The van der Waals surface area contributed by atoms with Crippen LogP contribution in [0.3, 0.4) is 0 Å². The van der Waals surface area contributed by atoms with Gasteiger partial charge >= 0.3 is 0 Å². The molecule has 5 heteroatoms. The van der Waals surface area contributed by atoms with E-state index in [4.69, 9.17) is 0 Å². The van der Waals surface area contributed by atoms with E-state index in [1.165, 1.54) is 5.69 Å². The zero-order valence-corrected chi connectivity index (χ0v) is 13.1. The lowest BCUT2D eigenvalue weighted by Gasteiger charge is -2.13. The van der Waals surface area contributed by atoms with E-state index in [0.717, 1.165) is 28.8 Å². The van der Waals surface area contributed by atoms with Crippen molar-refractivity contribution in [1.82, 2.24) is 20.1 Å². The Labute approximate surface area is 122 Å². The van der Waals surface area contributed by atoms with Gasteiger partial charge in [-0.3, -0.25) is 9.67 Å². The maximum atomic E-state index is 4.49. The average Bonchev–Trinajstić information content (AvgIpc) is 2.72. The molecule has 2 aromatic rings. The summed E-state index contributed by atoms with van der Waals surface area (Å²) in [7, 11) is 1.98. The summed E-state index contributed by atoms with van der Waals surface area (Å²) in [4.78, 5) is 4.36. The van der Waals surface area contributed by atoms with Gasteiger partial charge < -0.3 is 5.32 Å². The van der Waals surface area contributed by atoms with Crippen LogP contribution < -0.4 is 5.32 Å². The lowest BCUT2D eigenvalue weighted by Crippen LogP contribution is -2.20. The summed E-state index contributed by atoms with van der Waals surface area (Å²) in [5, 5.41) is 7.97. The minimum Gasteiger partial charge on any atom is -0.303 e. The van der Waals surface area contributed by atoms with Crippen LogP contribution in [0.2, 0.25) is 0 Å². The fourth-order valence-electron chi connectivity index (χ4n) is 2.00. The van der Waals surface area contributed by atoms with E-state index in [1.54, 1.807) is 0 Å². The molecule has 0 saturated carbocycles. The fraction of sp³-hybridized carbons (Fsp3) is 0.429. The number of aromatic nitrogens is 3. The molecule has 0 aliphatic rings. The van der Waals surface area contributed by atoms with E-state index in [9.17, 15) is 0 Å². The molecule has 102 valence electrons. The van der Waals surface area contributed by atoms with E-state index in [-0.39, 0.29) is 6.04 Å². The van der Waals surface area contributed by atoms with Crippen LogP contribution in [0.25, 0.3) is 0 Å². The number of hydrogen-bond acceptors (Lipinski definition) is 3. The Morgan fingerprint density at radius 2 is 2.21 bits per heavy atom. The average molecular weight is 323 g/mol. The van der Waals surface area contributed by atoms with Crippen molar-refractivity contribution >= 4 is 15.9 Å². The monoisotopic (exact) mass is 322 g/mol. The molecule has 0 aromatic carbocycles. The zero-order chi connectivity index (χ0) is 13.8. The van der Waals surface area contributed by atoms with E-state index >= 15 is 0 Å². The van der Waals surface area contributed by atoms with Gasteiger partial charge in [0.15, 0.2) is 0 Å². The summed E-state index contributed by atoms with van der Waals surface area (Å²) >= 11 is 3.63. The van der Waals surface area contributed by atoms with Crippen LogP contribution in [0.5, 0.6) is 0 Å². The molecule has 1 atom stereocenters. The van der Waals surface area contributed by atoms with Gasteiger partial charge in [0.1, 0.15) is 0 Å². The number of pyridine rings is 1. The Morgan fingerprint density at radius 1 is 1.42 bits per heavy atom. The number of hydrogen-bond donors (Lipinski definition) is 1. The van der Waals surface area contributed by atoms with Crippen LogP contribution in [0.15, 0.2) is 28.9 Å². The van der Waals surface area contributed by atoms with Crippen molar-refractivity contribution in [1.29, 1.82) is 0 Å². The Bertz CT molecular complexity index is 536. The van der Waals surface area contributed by atoms with Crippen molar-refractivity contribution in [2.24, 2.45) is 7.05 Å². The third kappa shape index (κ3) is 3.22. The predicted molar refractivity (Wildman–Crippen MR) is 79.8 cm³/mol. The second kappa shape index (κ2) is 6.30. The van der Waals surface area contributed by atoms with Gasteiger partial charge in [0.2, 0.25) is 0 Å². The van der Waals surface area contributed by atoms with E-state index in [0.29, 0.717) is 0 Å². The maximum Gasteiger partial charge on any atom is 0.0767 e. The number of rotatable bonds is 5. The van der Waals surface area contributed by atoms with Gasteiger partial charge in [0, 0.05) is 25.8 Å². The van der Waals surface area contributed by atoms with Crippen LogP contribution >= 0.6 is 15.9 Å². The quantitative estimate of drug-likeness (QED) is 0.920. The summed E-state index contributed by atoms with van der Waals surface area (Å²) in [6.45, 7) is 5.00. The summed E-state index contributed by atoms with van der Waals surface area (Å²) < 4.78 is 3.04. The predicted octanol–water partition coefficient (Wildman–Crippen LogP) is 2.99. The highest BCUT2D eigenvalue weighted by Crippen LogP contribution is 2.22. The van der Waals surface area contributed by atoms with E-state index in [2.05, 4.69) is 45.2 Å². The third-order valence-corrected chi connectivity index (χ3v) is 4.13. The molecule has 0 aliphatic heterocycles. The summed E-state index contributed by atoms with van der Waals surface area (Å²) in [6.07, 6.45) is 2.76. The zero-order valence-electron chi connectivity index (χ0n) is 11.5. The first-order valence-corrected chi connectivity index (χ1v) is 7.27. The second-order valence-electron chi connectivity index (χ2n) is 4.54. The van der Waals surface area contributed by atoms with Crippen molar-refractivity contribution in [3.63, 3.8) is 0 Å². The van der Waals surface area contributed by atoms with Crippen molar-refractivity contribution in [2.75, 3.05) is 0 Å². The minimum absolute atomic E-state index is 0.216. The van der Waals surface area contributed by atoms with Crippen LogP contribution in [-0.4, -0.2) is 14.8 Å². The molecule has 2 rings (SSSR count). The van der Waals surface area contributed by atoms with Crippen molar-refractivity contribution < 1.29 is 0 Å². The minimum atomic E-state index is 0.216. The molecule has 0 bridgehead atoms. The first kappa shape index (κ1) is 14.2. The van der Waals surface area contributed by atoms with Crippen LogP contribution in [0.1, 0.15) is 37.0 Å². The molecule has 0 aliphatic carbocycles. The number of halogens is 1. The largest absolute Gasteiger partial charge is 0.303 e. The molecule has 0 radical (unpaired) electrons. The smallest absolute Gasteiger partial charge is 0.0767 e. The number of aryl methyl sites for hydroxylation is 2. The van der Waals surface area contributed by atoms with Gasteiger partial charge in [-0.1, -0.05) is 13.0 Å². The second-order valence-corrected chi connectivity index (χ2v) is 5.33. The highest BCUT2D eigenvalue weighted by molar-refractivity contribution is 9.10. The van der Waals surface area contributed by atoms with Gasteiger partial charge in [-0.15, -0.1) is 0 Å². The van der Waals surface area contributed by atoms with Crippen molar-refractivity contribution in [3.05, 3.63) is 46.0 Å². The third-order valence-electron chi connectivity index (χ3n) is 3.21. The molecule has 4 nitrogen and oxygen atoms in total. The van der Waals surface area contributed by atoms with Crippen LogP contribution in [0, 0.1) is 0 Å². The highest BCUT2D eigenvalue weighted by atomic mass is 79.9. The lowest BCUT2D eigenvalue weighted by atomic mass is 10.2. The molecule has 19 heavy (non-hydrogen) atoms. The topological polar surface area (TPSA) is 42.7 Å². The first-order valence-electron chi connectivity index (χ1n) is 6.48. The SMILES string of the molecule is CCc1nn(C)c(CN[C@@H](C)c2ccccn2)c1Br. The molecule has 2 aromatic heterocycles. The summed E-state index contributed by atoms with van der Waals surface area (Å²) in [6, 6.07) is 6.19. The lowest BCUT2D eigenvalue weighted by molar-refractivity contribution is 0.537. The normalized spacial score (nSPS) is 12.6. The first-order chi connectivity index (χ1) is 9.13. The Balaban J connectivity index is 2.05. The maximum absolute atomic E-state index is 4.49. The fourth-order valence-corrected chi connectivity index (χ4v) is 2.75. The van der Waals surface area contributed by atoms with Crippen LogP contribution in [-0.2, 0) is 20.0 Å². The van der Waals surface area contributed by atoms with Gasteiger partial charge in [0.25, 0.3) is 0 Å². The highest BCUT2D eigenvalue weighted by Gasteiger charge is 2.13. The van der Waals surface area contributed by atoms with Gasteiger partial charge in [-0.2, -0.15) is 5.10 Å². The molecule has 2 heterocycles. The van der Waals surface area contributed by atoms with Gasteiger partial charge in [-0.05, 0) is 41.4 Å². The Kier molecular flexibility index (Phi) is 4.71. The van der Waals surface area contributed by atoms with Crippen molar-refractivity contribution in [3.8, 4) is 0 Å². The molecule has 0 saturated heterocycles. The molecular weight excluding hydrogens is 304 g/mol. The Hall–Kier alpha value is -1.20. The van der Waals surface area contributed by atoms with E-state index < -0.39 is 0 Å². The summed E-state index contributed by atoms with van der Waals surface area (Å²) in [5.74, 6) is 0. The van der Waals surface area contributed by atoms with Crippen molar-refractivity contribution in [2.45, 2.75) is 32.9 Å². The number of nitrogens with zero attached hydrogens (tertiary/aromatic N) is 3. The van der Waals surface area contributed by atoms with E-state index in [1.807, 2.05) is 36.1 Å². The van der Waals surface area contributed by atoms with Crippen LogP contribution in [0.4, 0.5) is 0 Å². The molecule has 1 N–H and O–H groups in total. The number of nitrogens with one attached hydrogen (secondary N) is 1. The Morgan fingerprint density at radius 3 is 2.79 bits per heavy atom. The summed E-state index contributed by atoms with van der Waals surface area (Å²) in [5.41, 5.74) is 3.32. The molecule has 0 spiro atoms. The van der Waals surface area contributed by atoms with Gasteiger partial charge in [-0.25, -0.2) is 0 Å². The molecule has 0 fully saturated rings. The van der Waals surface area contributed by atoms with Gasteiger partial charge in [0.05, 0.1) is 21.6 Å². The standard InChI is InChI=1S/C14H19BrN4/c1-4-11-14(15)13(19(3)18-11)9-17-10(2)12-7-5-6-8-16-12/h5-8,10,17H,4,9H2,1-3H3/t10-/m0/s1.